The number of hydrogen-bond donors (Lipinski definition) is 10. The van der Waals surface area contributed by atoms with Crippen molar-refractivity contribution in [2.24, 2.45) is 11.5 Å². The molecule has 0 aliphatic carbocycles. The highest BCUT2D eigenvalue weighted by Gasteiger charge is 2.45. The van der Waals surface area contributed by atoms with E-state index in [4.69, 9.17) is 30.8 Å². The normalized spacial score (nSPS) is 20.7. The molecule has 0 radical (unpaired) electrons. The van der Waals surface area contributed by atoms with E-state index in [1.165, 1.54) is 4.90 Å². The predicted octanol–water partition coefficient (Wildman–Crippen LogP) is 4.00. The number of carbonyl (C=O) groups excluding carboxylic acids is 7. The first-order valence-electron chi connectivity index (χ1n) is 27.3. The first-order chi connectivity index (χ1) is 40.4. The number of H-pyrrole nitrogens is 1. The number of alkyl carbamates (subject to hydrolysis) is 1. The van der Waals surface area contributed by atoms with Crippen molar-refractivity contribution in [3.63, 3.8) is 0 Å². The third kappa shape index (κ3) is 17.9. The van der Waals surface area contributed by atoms with Gasteiger partial charge in [0, 0.05) is 55.9 Å². The number of alkyl halides is 3. The van der Waals surface area contributed by atoms with Gasteiger partial charge in [-0.15, -0.1) is 0 Å². The Morgan fingerprint density at radius 1 is 0.619 bits per heavy atom. The highest BCUT2D eigenvalue weighted by molar-refractivity contribution is 5.99. The van der Waals surface area contributed by atoms with Crippen molar-refractivity contribution in [1.29, 1.82) is 0 Å². The summed E-state index contributed by atoms with van der Waals surface area (Å²) in [6.07, 6.45) is -4.43. The van der Waals surface area contributed by atoms with E-state index in [1.54, 1.807) is 85.1 Å². The van der Waals surface area contributed by atoms with Crippen LogP contribution >= 0.6 is 0 Å². The van der Waals surface area contributed by atoms with Crippen molar-refractivity contribution in [3.8, 4) is 5.75 Å². The highest BCUT2D eigenvalue weighted by atomic mass is 19.4. The third-order valence-electron chi connectivity index (χ3n) is 13.9. The Kier molecular flexibility index (Phi) is 22.4. The molecule has 7 amide bonds. The number of rotatable bonds is 17. The molecule has 6 aromatic rings. The smallest absolute Gasteiger partial charge is 0.489 e. The van der Waals surface area contributed by atoms with Crippen LogP contribution in [0.1, 0.15) is 59.5 Å². The lowest BCUT2D eigenvalue weighted by Crippen LogP contribution is -2.61. The van der Waals surface area contributed by atoms with Crippen LogP contribution < -0.4 is 48.1 Å². The standard InChI is InChI=1S/C58H66N10O9.C2HF3O2/c59-27-13-12-22-46-52(69)64-47(30-38-23-25-42(26-24-38)76-36-39-16-6-2-7-17-39)53(70)66-49(31-37-14-4-1-5-15-37)57(74)68-35-43(77-58(75)61-29-28-60)33-50(68)55(72)67-51(40-18-8-3-9-19-40)56(73)65-48(54(71)63-46)32-41-34-62-45-21-11-10-20-44(41)45;3-2(4,5)1(6)7/h1-11,14-21,23-26,34,43,46-51,62H,12-13,22,27-33,35-36,59-60H2,(H,61,75)(H,63,71)(H,64,69)(H,65,73)(H,66,70)(H,67,72);(H,6,7)/t43?,46-,47-,48-,49-,50-,51-;/m0./s1. The lowest BCUT2D eigenvalue weighted by molar-refractivity contribution is -0.192. The molecular formula is C60H67F3N10O11. The van der Waals surface area contributed by atoms with Crippen LogP contribution in [0, 0.1) is 0 Å². The van der Waals surface area contributed by atoms with E-state index in [0.717, 1.165) is 16.5 Å². The summed E-state index contributed by atoms with van der Waals surface area (Å²) in [7, 11) is 0. The molecule has 0 bridgehead atoms. The molecule has 12 N–H and O–H groups in total. The second kappa shape index (κ2) is 30.1. The Morgan fingerprint density at radius 3 is 1.81 bits per heavy atom. The molecule has 21 nitrogen and oxygen atoms in total. The van der Waals surface area contributed by atoms with E-state index in [2.05, 4.69) is 36.9 Å². The van der Waals surface area contributed by atoms with E-state index in [1.807, 2.05) is 60.7 Å². The average molecular weight is 1160 g/mol. The lowest BCUT2D eigenvalue weighted by Gasteiger charge is -2.32. The minimum absolute atomic E-state index is 0.0385. The monoisotopic (exact) mass is 1160 g/mol. The van der Waals surface area contributed by atoms with E-state index in [0.29, 0.717) is 54.0 Å². The second-order valence-corrected chi connectivity index (χ2v) is 20.0. The van der Waals surface area contributed by atoms with Gasteiger partial charge in [-0.3, -0.25) is 28.8 Å². The zero-order valence-corrected chi connectivity index (χ0v) is 45.6. The van der Waals surface area contributed by atoms with E-state index in [9.17, 15) is 37.1 Å². The molecule has 24 heteroatoms. The van der Waals surface area contributed by atoms with Gasteiger partial charge >= 0.3 is 18.2 Å². The molecule has 2 saturated heterocycles. The van der Waals surface area contributed by atoms with Gasteiger partial charge in [-0.25, -0.2) is 9.59 Å². The summed E-state index contributed by atoms with van der Waals surface area (Å²) in [5.74, 6) is -6.52. The Hall–Kier alpha value is -9.29. The molecule has 8 rings (SSSR count). The number of nitrogens with one attached hydrogen (secondary N) is 7. The molecule has 0 saturated carbocycles. The number of aliphatic carboxylic acids is 1. The van der Waals surface area contributed by atoms with Crippen LogP contribution in [0.3, 0.4) is 0 Å². The van der Waals surface area contributed by atoms with Crippen molar-refractivity contribution in [2.75, 3.05) is 26.2 Å². The summed E-state index contributed by atoms with van der Waals surface area (Å²) in [4.78, 5) is 116. The lowest BCUT2D eigenvalue weighted by atomic mass is 9.99. The van der Waals surface area contributed by atoms with Crippen LogP contribution in [0.2, 0.25) is 0 Å². The van der Waals surface area contributed by atoms with Crippen molar-refractivity contribution >= 4 is 58.4 Å². The second-order valence-electron chi connectivity index (χ2n) is 20.0. The van der Waals surface area contributed by atoms with Crippen LogP contribution in [0.4, 0.5) is 18.0 Å². The van der Waals surface area contributed by atoms with Gasteiger partial charge in [0.25, 0.3) is 0 Å². The van der Waals surface area contributed by atoms with Gasteiger partial charge in [0.2, 0.25) is 35.4 Å². The van der Waals surface area contributed by atoms with Gasteiger partial charge in [-0.2, -0.15) is 13.2 Å². The van der Waals surface area contributed by atoms with Gasteiger partial charge in [0.15, 0.2) is 0 Å². The fraction of sp³-hybridized carbons (Fsp3) is 0.333. The van der Waals surface area contributed by atoms with Crippen molar-refractivity contribution in [2.45, 2.75) is 100 Å². The summed E-state index contributed by atoms with van der Waals surface area (Å²) in [6.45, 7) is 0.617. The number of carboxylic acid groups (broad SMARTS) is 1. The Balaban J connectivity index is 0.00000136. The fourth-order valence-corrected chi connectivity index (χ4v) is 9.65. The SMILES string of the molecule is NCCCC[C@@H]1NC(=O)[C@H](Cc2c[nH]c3ccccc23)NC(=O)[C@H](c2ccccc2)NC(=O)[C@@H]2CC(OC(=O)NCCN)CN2C(=O)[C@H](Cc2ccccc2)NC(=O)[C@H](Cc2ccc(OCc3ccccc3)cc2)NC1=O.O=C(O)C(F)(F)F. The molecular weight excluding hydrogens is 1090 g/mol. The van der Waals surface area contributed by atoms with Crippen LogP contribution in [0.25, 0.3) is 10.9 Å². The maximum absolute atomic E-state index is 15.3. The number of fused-ring (bicyclic) bond motifs is 2. The molecule has 1 aromatic heterocycles. The minimum atomic E-state index is -5.08. The number of ether oxygens (including phenoxy) is 2. The maximum atomic E-state index is 15.3. The summed E-state index contributed by atoms with van der Waals surface area (Å²) < 4.78 is 43.5. The number of benzene rings is 5. The number of carboxylic acids is 1. The summed E-state index contributed by atoms with van der Waals surface area (Å²) >= 11 is 0. The Morgan fingerprint density at radius 2 is 1.17 bits per heavy atom. The molecule has 444 valence electrons. The van der Waals surface area contributed by atoms with Gasteiger partial charge < -0.3 is 67.8 Å². The van der Waals surface area contributed by atoms with E-state index >= 15 is 9.59 Å². The molecule has 7 atom stereocenters. The molecule has 1 unspecified atom stereocenters. The Labute approximate surface area is 481 Å². The molecule has 2 aliphatic heterocycles. The number of amides is 7. The highest BCUT2D eigenvalue weighted by Crippen LogP contribution is 2.26. The molecule has 2 fully saturated rings. The summed E-state index contributed by atoms with van der Waals surface area (Å²) in [6, 6.07) is 33.6. The minimum Gasteiger partial charge on any atom is -0.489 e. The van der Waals surface area contributed by atoms with Crippen molar-refractivity contribution in [3.05, 3.63) is 174 Å². The fourth-order valence-electron chi connectivity index (χ4n) is 9.65. The maximum Gasteiger partial charge on any atom is 0.490 e. The van der Waals surface area contributed by atoms with Gasteiger partial charge in [0.1, 0.15) is 54.7 Å². The third-order valence-corrected chi connectivity index (χ3v) is 13.9. The van der Waals surface area contributed by atoms with Crippen LogP contribution in [0.15, 0.2) is 146 Å². The number of carbonyl (C=O) groups is 8. The number of hydrogen-bond acceptors (Lipinski definition) is 12. The largest absolute Gasteiger partial charge is 0.490 e. The van der Waals surface area contributed by atoms with Crippen molar-refractivity contribution < 1.29 is 66.1 Å². The zero-order valence-electron chi connectivity index (χ0n) is 45.6. The van der Waals surface area contributed by atoms with Crippen LogP contribution in [-0.4, -0.2) is 131 Å². The van der Waals surface area contributed by atoms with Crippen molar-refractivity contribution in [1.82, 2.24) is 41.8 Å². The van der Waals surface area contributed by atoms with Crippen LogP contribution in [0.5, 0.6) is 5.75 Å². The number of unbranched alkanes of at least 4 members (excludes halogenated alkanes) is 1. The number of nitrogens with two attached hydrogens (primary N) is 2. The number of aromatic amines is 1. The van der Waals surface area contributed by atoms with Gasteiger partial charge in [-0.1, -0.05) is 121 Å². The van der Waals surface area contributed by atoms with E-state index in [-0.39, 0.29) is 51.7 Å². The molecule has 2 aliphatic rings. The Bertz CT molecular complexity index is 3190. The number of aromatic nitrogens is 1. The summed E-state index contributed by atoms with van der Waals surface area (Å²) in [5, 5.41) is 25.0. The first kappa shape index (κ1) is 62.3. The molecule has 3 heterocycles. The van der Waals surface area contributed by atoms with E-state index < -0.39 is 96.0 Å². The summed E-state index contributed by atoms with van der Waals surface area (Å²) in [5.41, 5.74) is 15.7. The number of para-hydroxylation sites is 1. The van der Waals surface area contributed by atoms with Gasteiger partial charge in [0.05, 0.1) is 6.54 Å². The molecule has 84 heavy (non-hydrogen) atoms. The molecule has 0 spiro atoms. The topological polar surface area (TPSA) is 318 Å². The first-order valence-corrected chi connectivity index (χ1v) is 27.3. The number of nitrogens with zero attached hydrogens (tertiary/aromatic N) is 1. The number of halogens is 3. The van der Waals surface area contributed by atoms with Gasteiger partial charge in [-0.05, 0) is 71.8 Å². The zero-order chi connectivity index (χ0) is 60.2. The van der Waals surface area contributed by atoms with Crippen LogP contribution in [-0.2, 0) is 64.2 Å². The quantitative estimate of drug-likeness (QED) is 0.0579. The average Bonchev–Trinajstić information content (AvgIpc) is 4.33. The molecule has 5 aromatic carbocycles. The predicted molar refractivity (Wildman–Crippen MR) is 302 cm³/mol.